The van der Waals surface area contributed by atoms with Crippen LogP contribution in [0.5, 0.6) is 0 Å². The number of benzene rings is 1. The number of likely N-dealkylation sites (tertiary alicyclic amines) is 1. The Bertz CT molecular complexity index is 1080. The van der Waals surface area contributed by atoms with Gasteiger partial charge in [-0.25, -0.2) is 0 Å². The van der Waals surface area contributed by atoms with E-state index >= 15 is 0 Å². The van der Waals surface area contributed by atoms with Gasteiger partial charge < -0.3 is 14.8 Å². The summed E-state index contributed by atoms with van der Waals surface area (Å²) in [5.41, 5.74) is 1.94. The second-order valence-corrected chi connectivity index (χ2v) is 8.03. The van der Waals surface area contributed by atoms with Gasteiger partial charge >= 0.3 is 0 Å². The number of nitriles is 1. The topological polar surface area (TPSA) is 95.2 Å². The summed E-state index contributed by atoms with van der Waals surface area (Å²) in [5.74, 6) is -0.352. The maximum absolute atomic E-state index is 12.9. The highest BCUT2D eigenvalue weighted by atomic mass is 16.2. The summed E-state index contributed by atoms with van der Waals surface area (Å²) in [6, 6.07) is 10.7. The highest BCUT2D eigenvalue weighted by molar-refractivity contribution is 5.96. The smallest absolute Gasteiger partial charge is 0.269 e. The van der Waals surface area contributed by atoms with Crippen molar-refractivity contribution in [3.63, 3.8) is 0 Å². The van der Waals surface area contributed by atoms with Gasteiger partial charge in [-0.1, -0.05) is 6.92 Å². The zero-order chi connectivity index (χ0) is 22.5. The number of anilines is 1. The molecule has 0 bridgehead atoms. The van der Waals surface area contributed by atoms with Crippen LogP contribution in [0.25, 0.3) is 0 Å². The molecule has 0 aliphatic carbocycles. The fraction of sp³-hybridized carbons (Fsp3) is 0.417. The second-order valence-electron chi connectivity index (χ2n) is 8.03. The second kappa shape index (κ2) is 9.61. The van der Waals surface area contributed by atoms with E-state index in [1.54, 1.807) is 44.2 Å². The fourth-order valence-electron chi connectivity index (χ4n) is 4.16. The van der Waals surface area contributed by atoms with E-state index in [0.717, 1.165) is 32.2 Å². The van der Waals surface area contributed by atoms with Crippen LogP contribution in [0.2, 0.25) is 0 Å². The van der Waals surface area contributed by atoms with E-state index in [4.69, 9.17) is 0 Å². The molecule has 1 aromatic carbocycles. The molecule has 3 rings (SSSR count). The Hall–Kier alpha value is -3.40. The number of carbonyl (C=O) groups is 2. The predicted molar refractivity (Wildman–Crippen MR) is 119 cm³/mol. The van der Waals surface area contributed by atoms with Crippen LogP contribution in [0.3, 0.4) is 0 Å². The van der Waals surface area contributed by atoms with E-state index in [2.05, 4.69) is 12.2 Å². The molecule has 1 aliphatic heterocycles. The lowest BCUT2D eigenvalue weighted by Gasteiger charge is -2.35. The number of aromatic nitrogens is 1. The van der Waals surface area contributed by atoms with E-state index in [-0.39, 0.29) is 30.0 Å². The Morgan fingerprint density at radius 3 is 2.55 bits per heavy atom. The van der Waals surface area contributed by atoms with Gasteiger partial charge in [0.15, 0.2) is 0 Å². The monoisotopic (exact) mass is 420 g/mol. The summed E-state index contributed by atoms with van der Waals surface area (Å²) in [7, 11) is 0. The molecule has 1 N–H and O–H groups in total. The summed E-state index contributed by atoms with van der Waals surface area (Å²) in [4.78, 5) is 39.8. The third-order valence-corrected chi connectivity index (χ3v) is 5.89. The molecule has 1 saturated heterocycles. The van der Waals surface area contributed by atoms with Crippen LogP contribution in [0.1, 0.15) is 59.8 Å². The van der Waals surface area contributed by atoms with Crippen LogP contribution in [0.15, 0.2) is 35.1 Å². The first-order chi connectivity index (χ1) is 14.8. The van der Waals surface area contributed by atoms with E-state index in [1.807, 2.05) is 11.0 Å². The van der Waals surface area contributed by atoms with E-state index in [0.29, 0.717) is 22.5 Å². The lowest BCUT2D eigenvalue weighted by atomic mass is 9.99. The normalized spacial score (nSPS) is 15.9. The lowest BCUT2D eigenvalue weighted by Crippen LogP contribution is -2.43. The van der Waals surface area contributed by atoms with Crippen molar-refractivity contribution in [1.29, 1.82) is 5.26 Å². The highest BCUT2D eigenvalue weighted by Gasteiger charge is 2.26. The Balaban J connectivity index is 1.69. The zero-order valence-corrected chi connectivity index (χ0v) is 18.3. The molecule has 0 radical (unpaired) electrons. The van der Waals surface area contributed by atoms with Crippen LogP contribution >= 0.6 is 0 Å². The number of rotatable bonds is 5. The molecule has 7 heteroatoms. The first-order valence-electron chi connectivity index (χ1n) is 10.7. The predicted octanol–water partition coefficient (Wildman–Crippen LogP) is 3.38. The molecule has 1 unspecified atom stereocenters. The van der Waals surface area contributed by atoms with Gasteiger partial charge in [-0.2, -0.15) is 5.26 Å². The summed E-state index contributed by atoms with van der Waals surface area (Å²) >= 11 is 0. The summed E-state index contributed by atoms with van der Waals surface area (Å²) in [6.07, 6.45) is 4.18. The van der Waals surface area contributed by atoms with Gasteiger partial charge in [0, 0.05) is 29.5 Å². The van der Waals surface area contributed by atoms with Crippen molar-refractivity contribution in [2.24, 2.45) is 0 Å². The first kappa shape index (κ1) is 22.3. The van der Waals surface area contributed by atoms with E-state index in [9.17, 15) is 19.6 Å². The molecular formula is C24H28N4O3. The molecule has 31 heavy (non-hydrogen) atoms. The SMILES string of the molecule is CCC1CCCCN1C(=O)c1ccc(NC(=O)Cn2c(C)cc(C)c(C#N)c2=O)cc1. The minimum atomic E-state index is -0.469. The third kappa shape index (κ3) is 4.85. The summed E-state index contributed by atoms with van der Waals surface area (Å²) in [6.45, 7) is 6.13. The number of carbonyl (C=O) groups excluding carboxylic acids is 2. The molecule has 2 aromatic rings. The molecule has 0 spiro atoms. The average molecular weight is 421 g/mol. The molecule has 1 fully saturated rings. The molecule has 1 atom stereocenters. The molecule has 2 amide bonds. The van der Waals surface area contributed by atoms with Crippen LogP contribution in [-0.2, 0) is 11.3 Å². The zero-order valence-electron chi connectivity index (χ0n) is 18.3. The number of amides is 2. The van der Waals surface area contributed by atoms with Crippen LogP contribution < -0.4 is 10.9 Å². The van der Waals surface area contributed by atoms with Gasteiger partial charge in [0.05, 0.1) is 0 Å². The van der Waals surface area contributed by atoms with Gasteiger partial charge in [0.2, 0.25) is 5.91 Å². The largest absolute Gasteiger partial charge is 0.336 e. The van der Waals surface area contributed by atoms with Crippen molar-refractivity contribution >= 4 is 17.5 Å². The maximum atomic E-state index is 12.9. The standard InChI is InChI=1S/C24H28N4O3/c1-4-20-7-5-6-12-27(20)23(30)18-8-10-19(11-9-18)26-22(29)15-28-17(3)13-16(2)21(14-25)24(28)31/h8-11,13,20H,4-7,12,15H2,1-3H3,(H,26,29). The van der Waals surface area contributed by atoms with E-state index in [1.165, 1.54) is 4.57 Å². The number of hydrogen-bond donors (Lipinski definition) is 1. The Kier molecular flexibility index (Phi) is 6.91. The number of pyridine rings is 1. The quantitative estimate of drug-likeness (QED) is 0.802. The molecule has 0 saturated carbocycles. The molecule has 1 aromatic heterocycles. The first-order valence-corrected chi connectivity index (χ1v) is 10.7. The van der Waals surface area contributed by atoms with Crippen molar-refractivity contribution in [3.8, 4) is 6.07 Å². The number of nitrogens with zero attached hydrogens (tertiary/aromatic N) is 3. The van der Waals surface area contributed by atoms with Gasteiger partial charge in [-0.3, -0.25) is 14.4 Å². The molecule has 162 valence electrons. The van der Waals surface area contributed by atoms with Crippen LogP contribution in [0, 0.1) is 25.2 Å². The number of piperidine rings is 1. The van der Waals surface area contributed by atoms with Gasteiger partial charge in [0.1, 0.15) is 18.2 Å². The summed E-state index contributed by atoms with van der Waals surface area (Å²) < 4.78 is 1.29. The molecular weight excluding hydrogens is 392 g/mol. The summed E-state index contributed by atoms with van der Waals surface area (Å²) in [5, 5.41) is 11.9. The molecule has 2 heterocycles. The minimum Gasteiger partial charge on any atom is -0.336 e. The minimum absolute atomic E-state index is 0.0234. The third-order valence-electron chi connectivity index (χ3n) is 5.89. The number of hydrogen-bond acceptors (Lipinski definition) is 4. The van der Waals surface area contributed by atoms with Gasteiger partial charge in [0.25, 0.3) is 11.5 Å². The highest BCUT2D eigenvalue weighted by Crippen LogP contribution is 2.22. The Morgan fingerprint density at radius 1 is 1.19 bits per heavy atom. The van der Waals surface area contributed by atoms with Crippen molar-refractivity contribution in [2.45, 2.75) is 59.0 Å². The van der Waals surface area contributed by atoms with Crippen LogP contribution in [0.4, 0.5) is 5.69 Å². The van der Waals surface area contributed by atoms with Crippen molar-refractivity contribution in [3.05, 3.63) is 63.1 Å². The average Bonchev–Trinajstić information content (AvgIpc) is 2.77. The van der Waals surface area contributed by atoms with Crippen molar-refractivity contribution in [1.82, 2.24) is 9.47 Å². The molecule has 7 nitrogen and oxygen atoms in total. The number of aryl methyl sites for hydroxylation is 2. The van der Waals surface area contributed by atoms with Crippen molar-refractivity contribution in [2.75, 3.05) is 11.9 Å². The van der Waals surface area contributed by atoms with E-state index < -0.39 is 5.56 Å². The lowest BCUT2D eigenvalue weighted by molar-refractivity contribution is -0.116. The van der Waals surface area contributed by atoms with Gasteiger partial charge in [-0.15, -0.1) is 0 Å². The number of nitrogens with one attached hydrogen (secondary N) is 1. The van der Waals surface area contributed by atoms with Crippen LogP contribution in [-0.4, -0.2) is 33.9 Å². The molecule has 1 aliphatic rings. The maximum Gasteiger partial charge on any atom is 0.269 e. The van der Waals surface area contributed by atoms with Crippen molar-refractivity contribution < 1.29 is 9.59 Å². The van der Waals surface area contributed by atoms with Gasteiger partial charge in [-0.05, 0) is 75.4 Å². The Labute approximate surface area is 182 Å². The fourth-order valence-corrected chi connectivity index (χ4v) is 4.16. The Morgan fingerprint density at radius 2 is 1.90 bits per heavy atom.